The number of hydrogen-bond acceptors (Lipinski definition) is 3. The molecule has 0 aromatic heterocycles. The summed E-state index contributed by atoms with van der Waals surface area (Å²) in [5.41, 5.74) is 0. The van der Waals surface area contributed by atoms with E-state index in [1.807, 2.05) is 4.90 Å². The molecule has 0 radical (unpaired) electrons. The lowest BCUT2D eigenvalue weighted by molar-refractivity contribution is -0.130. The molecule has 1 saturated heterocycles. The van der Waals surface area contributed by atoms with Crippen molar-refractivity contribution < 1.29 is 9.53 Å². The maximum Gasteiger partial charge on any atom is 0.236 e. The van der Waals surface area contributed by atoms with Crippen LogP contribution in [0.2, 0.25) is 0 Å². The topological polar surface area (TPSA) is 41.6 Å². The molecule has 1 atom stereocenters. The summed E-state index contributed by atoms with van der Waals surface area (Å²) in [5, 5.41) is 3.29. The maximum atomic E-state index is 12.1. The Hall–Kier alpha value is -0.610. The van der Waals surface area contributed by atoms with Crippen molar-refractivity contribution >= 4 is 5.91 Å². The molecule has 2 fully saturated rings. The molecule has 1 N–H and O–H groups in total. The highest BCUT2D eigenvalue weighted by molar-refractivity contribution is 5.78. The molecular weight excluding hydrogens is 240 g/mol. The number of hydrogen-bond donors (Lipinski definition) is 1. The summed E-state index contributed by atoms with van der Waals surface area (Å²) in [6.45, 7) is 6.27. The molecule has 19 heavy (non-hydrogen) atoms. The minimum absolute atomic E-state index is 0.261. The second kappa shape index (κ2) is 7.85. The van der Waals surface area contributed by atoms with E-state index >= 15 is 0 Å². The van der Waals surface area contributed by atoms with Gasteiger partial charge in [-0.05, 0) is 51.0 Å². The number of nitrogens with one attached hydrogen (secondary N) is 1. The third-order valence-corrected chi connectivity index (χ3v) is 3.99. The molecule has 2 rings (SSSR count). The van der Waals surface area contributed by atoms with Crippen LogP contribution < -0.4 is 5.32 Å². The van der Waals surface area contributed by atoms with E-state index in [9.17, 15) is 4.79 Å². The van der Waals surface area contributed by atoms with Crippen molar-refractivity contribution in [1.82, 2.24) is 10.2 Å². The molecule has 1 heterocycles. The number of nitrogens with zero attached hydrogens (tertiary/aromatic N) is 1. The van der Waals surface area contributed by atoms with Crippen molar-refractivity contribution in [3.05, 3.63) is 0 Å². The zero-order chi connectivity index (χ0) is 13.5. The standard InChI is InChI=1S/C15H28N2O2/c1-2-10-19-14-4-3-8-17(9-7-14)15(18)12-16-11-13-5-6-13/h13-14,16H,2-12H2,1H3. The fourth-order valence-corrected chi connectivity index (χ4v) is 2.58. The van der Waals surface area contributed by atoms with E-state index in [0.717, 1.165) is 57.8 Å². The Labute approximate surface area is 116 Å². The highest BCUT2D eigenvalue weighted by Crippen LogP contribution is 2.27. The van der Waals surface area contributed by atoms with E-state index in [1.54, 1.807) is 0 Å². The van der Waals surface area contributed by atoms with Crippen molar-refractivity contribution in [3.63, 3.8) is 0 Å². The molecule has 1 aliphatic carbocycles. The third-order valence-electron chi connectivity index (χ3n) is 3.99. The average molecular weight is 268 g/mol. The lowest BCUT2D eigenvalue weighted by Gasteiger charge is -2.21. The molecular formula is C15H28N2O2. The van der Waals surface area contributed by atoms with Gasteiger partial charge in [0.25, 0.3) is 0 Å². The van der Waals surface area contributed by atoms with Crippen LogP contribution in [0.5, 0.6) is 0 Å². The molecule has 1 amide bonds. The highest BCUT2D eigenvalue weighted by atomic mass is 16.5. The molecule has 0 bridgehead atoms. The van der Waals surface area contributed by atoms with Crippen LogP contribution in [0.15, 0.2) is 0 Å². The fraction of sp³-hybridized carbons (Fsp3) is 0.933. The first-order valence-electron chi connectivity index (χ1n) is 7.89. The van der Waals surface area contributed by atoms with Crippen LogP contribution in [0.1, 0.15) is 45.4 Å². The van der Waals surface area contributed by atoms with Crippen molar-refractivity contribution in [2.24, 2.45) is 5.92 Å². The summed E-state index contributed by atoms with van der Waals surface area (Å²) < 4.78 is 5.81. The van der Waals surface area contributed by atoms with Crippen LogP contribution in [0.4, 0.5) is 0 Å². The Bertz CT molecular complexity index is 279. The predicted octanol–water partition coefficient (Wildman–Crippen LogP) is 1.79. The monoisotopic (exact) mass is 268 g/mol. The molecule has 110 valence electrons. The first-order valence-corrected chi connectivity index (χ1v) is 7.89. The summed E-state index contributed by atoms with van der Waals surface area (Å²) in [6.07, 6.45) is 7.26. The van der Waals surface area contributed by atoms with Gasteiger partial charge in [-0.15, -0.1) is 0 Å². The van der Waals surface area contributed by atoms with Crippen molar-refractivity contribution in [2.75, 3.05) is 32.8 Å². The summed E-state index contributed by atoms with van der Waals surface area (Å²) in [4.78, 5) is 14.1. The lowest BCUT2D eigenvalue weighted by Crippen LogP contribution is -2.39. The average Bonchev–Trinajstić information content (AvgIpc) is 3.22. The van der Waals surface area contributed by atoms with E-state index < -0.39 is 0 Å². The van der Waals surface area contributed by atoms with Crippen LogP contribution in [0.3, 0.4) is 0 Å². The number of ether oxygens (including phenoxy) is 1. The molecule has 4 nitrogen and oxygen atoms in total. The maximum absolute atomic E-state index is 12.1. The predicted molar refractivity (Wildman–Crippen MR) is 76.1 cm³/mol. The Kier molecular flexibility index (Phi) is 6.11. The second-order valence-corrected chi connectivity index (χ2v) is 5.88. The van der Waals surface area contributed by atoms with E-state index in [4.69, 9.17) is 4.74 Å². The summed E-state index contributed by atoms with van der Waals surface area (Å²) in [5.74, 6) is 1.10. The Morgan fingerprint density at radius 2 is 2.11 bits per heavy atom. The molecule has 1 aliphatic heterocycles. The van der Waals surface area contributed by atoms with Crippen LogP contribution in [0.25, 0.3) is 0 Å². The Morgan fingerprint density at radius 3 is 2.84 bits per heavy atom. The minimum Gasteiger partial charge on any atom is -0.378 e. The zero-order valence-corrected chi connectivity index (χ0v) is 12.2. The third kappa shape index (κ3) is 5.49. The molecule has 0 aromatic carbocycles. The molecule has 1 saturated carbocycles. The van der Waals surface area contributed by atoms with Gasteiger partial charge in [0.2, 0.25) is 5.91 Å². The van der Waals surface area contributed by atoms with Crippen LogP contribution in [0, 0.1) is 5.92 Å². The highest BCUT2D eigenvalue weighted by Gasteiger charge is 2.23. The number of amides is 1. The first kappa shape index (κ1) is 14.8. The van der Waals surface area contributed by atoms with Gasteiger partial charge in [0.1, 0.15) is 0 Å². The van der Waals surface area contributed by atoms with Gasteiger partial charge >= 0.3 is 0 Å². The van der Waals surface area contributed by atoms with Crippen molar-refractivity contribution in [3.8, 4) is 0 Å². The largest absolute Gasteiger partial charge is 0.378 e. The fourth-order valence-electron chi connectivity index (χ4n) is 2.58. The van der Waals surface area contributed by atoms with Gasteiger partial charge in [-0.25, -0.2) is 0 Å². The SMILES string of the molecule is CCCOC1CCCN(C(=O)CNCC2CC2)CC1. The quantitative estimate of drug-likeness (QED) is 0.765. The second-order valence-electron chi connectivity index (χ2n) is 5.88. The van der Waals surface area contributed by atoms with E-state index in [1.165, 1.54) is 12.8 Å². The van der Waals surface area contributed by atoms with Gasteiger partial charge in [-0.2, -0.15) is 0 Å². The van der Waals surface area contributed by atoms with E-state index in [2.05, 4.69) is 12.2 Å². The van der Waals surface area contributed by atoms with Crippen LogP contribution in [-0.2, 0) is 9.53 Å². The van der Waals surface area contributed by atoms with Gasteiger partial charge < -0.3 is 15.0 Å². The smallest absolute Gasteiger partial charge is 0.236 e. The number of carbonyl (C=O) groups excluding carboxylic acids is 1. The first-order chi connectivity index (χ1) is 9.29. The number of rotatable bonds is 7. The summed E-state index contributed by atoms with van der Waals surface area (Å²) in [7, 11) is 0. The van der Waals surface area contributed by atoms with Gasteiger partial charge in [-0.3, -0.25) is 4.79 Å². The van der Waals surface area contributed by atoms with Gasteiger partial charge in [0.05, 0.1) is 12.6 Å². The van der Waals surface area contributed by atoms with Crippen molar-refractivity contribution in [2.45, 2.75) is 51.6 Å². The van der Waals surface area contributed by atoms with Gasteiger partial charge in [-0.1, -0.05) is 6.92 Å². The van der Waals surface area contributed by atoms with E-state index in [-0.39, 0.29) is 5.91 Å². The Morgan fingerprint density at radius 1 is 1.26 bits per heavy atom. The molecule has 1 unspecified atom stereocenters. The molecule has 4 heteroatoms. The van der Waals surface area contributed by atoms with Crippen LogP contribution >= 0.6 is 0 Å². The molecule has 0 spiro atoms. The lowest BCUT2D eigenvalue weighted by atomic mass is 10.2. The van der Waals surface area contributed by atoms with Gasteiger partial charge in [0.15, 0.2) is 0 Å². The molecule has 0 aromatic rings. The Balaban J connectivity index is 1.63. The summed E-state index contributed by atoms with van der Waals surface area (Å²) in [6, 6.07) is 0. The summed E-state index contributed by atoms with van der Waals surface area (Å²) >= 11 is 0. The van der Waals surface area contributed by atoms with Crippen molar-refractivity contribution in [1.29, 1.82) is 0 Å². The number of carbonyl (C=O) groups is 1. The normalized spacial score (nSPS) is 24.3. The molecule has 2 aliphatic rings. The number of likely N-dealkylation sites (tertiary alicyclic amines) is 1. The minimum atomic E-state index is 0.261. The zero-order valence-electron chi connectivity index (χ0n) is 12.2. The van der Waals surface area contributed by atoms with Crippen LogP contribution in [-0.4, -0.2) is 49.7 Å². The van der Waals surface area contributed by atoms with E-state index in [0.29, 0.717) is 12.6 Å². The van der Waals surface area contributed by atoms with Gasteiger partial charge in [0, 0.05) is 19.7 Å².